The number of alkyl halides is 2. The molecule has 18 heavy (non-hydrogen) atoms. The summed E-state index contributed by atoms with van der Waals surface area (Å²) in [6, 6.07) is 1.05. The first-order valence-electron chi connectivity index (χ1n) is 4.51. The van der Waals surface area contributed by atoms with Crippen LogP contribution in [0.5, 0.6) is 5.75 Å². The Hall–Kier alpha value is -2.09. The van der Waals surface area contributed by atoms with Gasteiger partial charge in [0.2, 0.25) is 0 Å². The minimum absolute atomic E-state index is 0.0940. The Morgan fingerprint density at radius 1 is 1.39 bits per heavy atom. The van der Waals surface area contributed by atoms with Crippen LogP contribution in [0.25, 0.3) is 0 Å². The lowest BCUT2D eigenvalue weighted by molar-refractivity contribution is -0.146. The number of hydrogen-bond acceptors (Lipinski definition) is 4. The molecule has 1 aromatic rings. The molecule has 5 nitrogen and oxygen atoms in total. The van der Waals surface area contributed by atoms with E-state index in [0.29, 0.717) is 12.1 Å². The largest absolute Gasteiger partial charge is 0.479 e. The van der Waals surface area contributed by atoms with E-state index in [2.05, 4.69) is 4.74 Å². The van der Waals surface area contributed by atoms with Gasteiger partial charge in [0.1, 0.15) is 0 Å². The lowest BCUT2D eigenvalue weighted by Gasteiger charge is -2.12. The maximum Gasteiger partial charge on any atom is 0.387 e. The minimum Gasteiger partial charge on any atom is -0.479 e. The molecular weight excluding hydrogens is 257 g/mol. The number of carbonyl (C=O) groups is 2. The van der Waals surface area contributed by atoms with Crippen molar-refractivity contribution in [2.24, 2.45) is 0 Å². The van der Waals surface area contributed by atoms with E-state index in [0.717, 1.165) is 0 Å². The van der Waals surface area contributed by atoms with Gasteiger partial charge < -0.3 is 14.9 Å². The number of aldehydes is 1. The standard InChI is InChI=1S/C10H7F3O5/c11-6-1-4(3-14)5(8(15)9(16)17)2-7(6)18-10(12)13/h1-3,8,10,15H,(H,16,17). The molecule has 0 heterocycles. The molecule has 0 amide bonds. The van der Waals surface area contributed by atoms with Gasteiger partial charge in [0.25, 0.3) is 0 Å². The van der Waals surface area contributed by atoms with Crippen molar-refractivity contribution < 1.29 is 37.7 Å². The van der Waals surface area contributed by atoms with Crippen LogP contribution in [0.3, 0.4) is 0 Å². The van der Waals surface area contributed by atoms with Gasteiger partial charge in [0.15, 0.2) is 24.0 Å². The third kappa shape index (κ3) is 2.98. The van der Waals surface area contributed by atoms with Gasteiger partial charge in [-0.3, -0.25) is 4.79 Å². The topological polar surface area (TPSA) is 83.8 Å². The Balaban J connectivity index is 3.30. The van der Waals surface area contributed by atoms with Gasteiger partial charge in [-0.1, -0.05) is 0 Å². The number of aliphatic hydroxyl groups is 1. The zero-order chi connectivity index (χ0) is 13.9. The zero-order valence-corrected chi connectivity index (χ0v) is 8.64. The van der Waals surface area contributed by atoms with Crippen molar-refractivity contribution in [3.8, 4) is 5.75 Å². The molecule has 0 saturated heterocycles. The number of carboxylic acids is 1. The fourth-order valence-corrected chi connectivity index (χ4v) is 1.24. The number of halogens is 3. The van der Waals surface area contributed by atoms with Crippen molar-refractivity contribution in [3.63, 3.8) is 0 Å². The molecular formula is C10H7F3O5. The van der Waals surface area contributed by atoms with Crippen molar-refractivity contribution in [2.45, 2.75) is 12.7 Å². The molecule has 0 aliphatic heterocycles. The smallest absolute Gasteiger partial charge is 0.387 e. The van der Waals surface area contributed by atoms with E-state index in [-0.39, 0.29) is 6.29 Å². The van der Waals surface area contributed by atoms with Crippen molar-refractivity contribution in [3.05, 3.63) is 29.1 Å². The van der Waals surface area contributed by atoms with Gasteiger partial charge in [0.05, 0.1) is 0 Å². The quantitative estimate of drug-likeness (QED) is 0.784. The minimum atomic E-state index is -3.32. The van der Waals surface area contributed by atoms with Crippen molar-refractivity contribution in [1.82, 2.24) is 0 Å². The second kappa shape index (κ2) is 5.50. The van der Waals surface area contributed by atoms with Crippen LogP contribution < -0.4 is 4.74 Å². The average molecular weight is 264 g/mol. The second-order valence-electron chi connectivity index (χ2n) is 3.15. The molecule has 8 heteroatoms. The molecule has 1 rings (SSSR count). The van der Waals surface area contributed by atoms with Gasteiger partial charge in [-0.05, 0) is 12.1 Å². The number of rotatable bonds is 5. The molecule has 0 aliphatic carbocycles. The number of carbonyl (C=O) groups excluding carboxylic acids is 1. The highest BCUT2D eigenvalue weighted by Gasteiger charge is 2.23. The lowest BCUT2D eigenvalue weighted by Crippen LogP contribution is -2.14. The highest BCUT2D eigenvalue weighted by molar-refractivity contribution is 5.83. The van der Waals surface area contributed by atoms with E-state index < -0.39 is 41.4 Å². The summed E-state index contributed by atoms with van der Waals surface area (Å²) >= 11 is 0. The fourth-order valence-electron chi connectivity index (χ4n) is 1.24. The van der Waals surface area contributed by atoms with Crippen molar-refractivity contribution in [2.75, 3.05) is 0 Å². The summed E-state index contributed by atoms with van der Waals surface area (Å²) < 4.78 is 40.9. The zero-order valence-electron chi connectivity index (χ0n) is 8.64. The summed E-state index contributed by atoms with van der Waals surface area (Å²) in [6.45, 7) is -3.32. The summed E-state index contributed by atoms with van der Waals surface area (Å²) in [6.07, 6.45) is -2.05. The predicted octanol–water partition coefficient (Wildman–Crippen LogP) is 1.36. The third-order valence-electron chi connectivity index (χ3n) is 2.01. The molecule has 1 unspecified atom stereocenters. The highest BCUT2D eigenvalue weighted by Crippen LogP contribution is 2.27. The van der Waals surface area contributed by atoms with E-state index in [1.165, 1.54) is 0 Å². The van der Waals surface area contributed by atoms with Gasteiger partial charge in [0, 0.05) is 11.1 Å². The normalized spacial score (nSPS) is 12.3. The summed E-state index contributed by atoms with van der Waals surface area (Å²) in [5.74, 6) is -3.93. The molecule has 1 atom stereocenters. The van der Waals surface area contributed by atoms with E-state index in [1.807, 2.05) is 0 Å². The number of carboxylic acid groups (broad SMARTS) is 1. The Kier molecular flexibility index (Phi) is 4.27. The molecule has 1 aromatic carbocycles. The van der Waals surface area contributed by atoms with Gasteiger partial charge in [-0.2, -0.15) is 8.78 Å². The third-order valence-corrected chi connectivity index (χ3v) is 2.01. The van der Waals surface area contributed by atoms with Gasteiger partial charge in [-0.25, -0.2) is 9.18 Å². The number of benzene rings is 1. The van der Waals surface area contributed by atoms with Crippen LogP contribution in [-0.4, -0.2) is 29.1 Å². The molecule has 0 aliphatic rings. The maximum absolute atomic E-state index is 13.2. The van der Waals surface area contributed by atoms with Crippen LogP contribution in [0.2, 0.25) is 0 Å². The predicted molar refractivity (Wildman–Crippen MR) is 51.0 cm³/mol. The van der Waals surface area contributed by atoms with E-state index >= 15 is 0 Å². The number of ether oxygens (including phenoxy) is 1. The first kappa shape index (κ1) is 14.0. The second-order valence-corrected chi connectivity index (χ2v) is 3.15. The van der Waals surface area contributed by atoms with Gasteiger partial charge in [-0.15, -0.1) is 0 Å². The van der Waals surface area contributed by atoms with E-state index in [9.17, 15) is 27.9 Å². The SMILES string of the molecule is O=Cc1cc(F)c(OC(F)F)cc1C(O)C(=O)O. The van der Waals surface area contributed by atoms with Gasteiger partial charge >= 0.3 is 12.6 Å². The van der Waals surface area contributed by atoms with Crippen LogP contribution >= 0.6 is 0 Å². The number of aliphatic hydroxyl groups excluding tert-OH is 1. The first-order chi connectivity index (χ1) is 8.36. The molecule has 0 aromatic heterocycles. The van der Waals surface area contributed by atoms with E-state index in [4.69, 9.17) is 5.11 Å². The van der Waals surface area contributed by atoms with Crippen molar-refractivity contribution >= 4 is 12.3 Å². The number of hydrogen-bond donors (Lipinski definition) is 2. The Labute approximate surface area is 98.4 Å². The van der Waals surface area contributed by atoms with Crippen molar-refractivity contribution in [1.29, 1.82) is 0 Å². The fraction of sp³-hybridized carbons (Fsp3) is 0.200. The lowest BCUT2D eigenvalue weighted by atomic mass is 10.0. The molecule has 0 spiro atoms. The Morgan fingerprint density at radius 2 is 2.00 bits per heavy atom. The highest BCUT2D eigenvalue weighted by atomic mass is 19.3. The monoisotopic (exact) mass is 264 g/mol. The molecule has 2 N–H and O–H groups in total. The van der Waals surface area contributed by atoms with Crippen LogP contribution in [0.4, 0.5) is 13.2 Å². The molecule has 0 fully saturated rings. The summed E-state index contributed by atoms with van der Waals surface area (Å²) in [4.78, 5) is 21.1. The molecule has 0 radical (unpaired) electrons. The number of aliphatic carboxylic acids is 1. The molecule has 98 valence electrons. The maximum atomic E-state index is 13.2. The van der Waals surface area contributed by atoms with Crippen LogP contribution in [-0.2, 0) is 4.79 Å². The Morgan fingerprint density at radius 3 is 2.44 bits per heavy atom. The Bertz CT molecular complexity index is 475. The average Bonchev–Trinajstić information content (AvgIpc) is 2.29. The summed E-state index contributed by atoms with van der Waals surface area (Å²) in [5, 5.41) is 17.8. The van der Waals surface area contributed by atoms with Crippen LogP contribution in [0, 0.1) is 5.82 Å². The molecule has 0 saturated carbocycles. The first-order valence-corrected chi connectivity index (χ1v) is 4.51. The summed E-state index contributed by atoms with van der Waals surface area (Å²) in [5.41, 5.74) is -1.00. The van der Waals surface area contributed by atoms with E-state index in [1.54, 1.807) is 0 Å². The molecule has 0 bridgehead atoms. The summed E-state index contributed by atoms with van der Waals surface area (Å²) in [7, 11) is 0. The van der Waals surface area contributed by atoms with Crippen LogP contribution in [0.1, 0.15) is 22.0 Å². The van der Waals surface area contributed by atoms with Crippen LogP contribution in [0.15, 0.2) is 12.1 Å².